The van der Waals surface area contributed by atoms with E-state index in [1.165, 1.54) is 12.1 Å². The Balaban J connectivity index is 2.79. The lowest BCUT2D eigenvalue weighted by atomic mass is 10.1. The van der Waals surface area contributed by atoms with Crippen molar-refractivity contribution in [2.75, 3.05) is 13.1 Å². The first-order chi connectivity index (χ1) is 9.81. The lowest BCUT2D eigenvalue weighted by Crippen LogP contribution is -2.37. The molecule has 21 heavy (non-hydrogen) atoms. The van der Waals surface area contributed by atoms with E-state index in [9.17, 15) is 13.6 Å². The number of hydrogen-bond acceptors (Lipinski definition) is 2. The van der Waals surface area contributed by atoms with Gasteiger partial charge in [0.05, 0.1) is 11.4 Å². The van der Waals surface area contributed by atoms with Gasteiger partial charge in [-0.2, -0.15) is 0 Å². The first kappa shape index (κ1) is 17.5. The SMILES string of the molecule is CC(C)CN(CCC(N)=S)C(=O)Cc1cccc(F)c1F. The van der Waals surface area contributed by atoms with Gasteiger partial charge >= 0.3 is 0 Å². The highest BCUT2D eigenvalue weighted by Gasteiger charge is 2.18. The first-order valence-electron chi connectivity index (χ1n) is 6.80. The molecule has 6 heteroatoms. The second kappa shape index (κ2) is 8.02. The number of rotatable bonds is 7. The van der Waals surface area contributed by atoms with Crippen LogP contribution in [0.2, 0.25) is 0 Å². The second-order valence-electron chi connectivity index (χ2n) is 5.34. The molecule has 116 valence electrons. The van der Waals surface area contributed by atoms with Crippen LogP contribution in [0.1, 0.15) is 25.8 Å². The molecule has 0 fully saturated rings. The Morgan fingerprint density at radius 3 is 2.62 bits per heavy atom. The van der Waals surface area contributed by atoms with Crippen molar-refractivity contribution in [3.05, 3.63) is 35.4 Å². The van der Waals surface area contributed by atoms with Crippen molar-refractivity contribution in [2.24, 2.45) is 11.7 Å². The number of hydrogen-bond donors (Lipinski definition) is 1. The third-order valence-corrected chi connectivity index (χ3v) is 3.14. The summed E-state index contributed by atoms with van der Waals surface area (Å²) in [5.41, 5.74) is 5.51. The van der Waals surface area contributed by atoms with Crippen LogP contribution in [0.25, 0.3) is 0 Å². The number of carbonyl (C=O) groups excluding carboxylic acids is 1. The second-order valence-corrected chi connectivity index (χ2v) is 5.86. The van der Waals surface area contributed by atoms with Gasteiger partial charge in [0, 0.05) is 25.1 Å². The first-order valence-corrected chi connectivity index (χ1v) is 7.21. The largest absolute Gasteiger partial charge is 0.393 e. The highest BCUT2D eigenvalue weighted by Crippen LogP contribution is 2.13. The molecule has 0 unspecified atom stereocenters. The Morgan fingerprint density at radius 2 is 2.05 bits per heavy atom. The number of thiocarbonyl (C=S) groups is 1. The molecule has 0 spiro atoms. The highest BCUT2D eigenvalue weighted by molar-refractivity contribution is 7.80. The predicted molar refractivity (Wildman–Crippen MR) is 82.9 cm³/mol. The zero-order valence-electron chi connectivity index (χ0n) is 12.2. The lowest BCUT2D eigenvalue weighted by Gasteiger charge is -2.24. The molecule has 0 aliphatic heterocycles. The third kappa shape index (κ3) is 5.75. The van der Waals surface area contributed by atoms with Gasteiger partial charge in [-0.05, 0) is 12.0 Å². The number of amides is 1. The molecule has 0 saturated heterocycles. The van der Waals surface area contributed by atoms with E-state index in [4.69, 9.17) is 18.0 Å². The summed E-state index contributed by atoms with van der Waals surface area (Å²) in [6, 6.07) is 3.84. The zero-order valence-corrected chi connectivity index (χ0v) is 13.1. The average molecular weight is 314 g/mol. The Bertz CT molecular complexity index is 520. The summed E-state index contributed by atoms with van der Waals surface area (Å²) in [5.74, 6) is -1.91. The fourth-order valence-electron chi connectivity index (χ4n) is 1.96. The fraction of sp³-hybridized carbons (Fsp3) is 0.467. The highest BCUT2D eigenvalue weighted by atomic mass is 32.1. The molecule has 1 aromatic carbocycles. The molecule has 0 aromatic heterocycles. The molecule has 0 radical (unpaired) electrons. The van der Waals surface area contributed by atoms with Crippen molar-refractivity contribution in [1.82, 2.24) is 4.90 Å². The van der Waals surface area contributed by atoms with Gasteiger partial charge < -0.3 is 10.6 Å². The summed E-state index contributed by atoms with van der Waals surface area (Å²) in [5, 5.41) is 0. The summed E-state index contributed by atoms with van der Waals surface area (Å²) in [6.07, 6.45) is 0.243. The molecule has 0 bridgehead atoms. The minimum Gasteiger partial charge on any atom is -0.393 e. The van der Waals surface area contributed by atoms with Gasteiger partial charge in [0.1, 0.15) is 0 Å². The number of carbonyl (C=O) groups is 1. The minimum atomic E-state index is -0.968. The van der Waals surface area contributed by atoms with Crippen LogP contribution in [0.3, 0.4) is 0 Å². The molecular weight excluding hydrogens is 294 g/mol. The molecule has 1 rings (SSSR count). The molecule has 0 aliphatic rings. The average Bonchev–Trinajstić information content (AvgIpc) is 2.39. The summed E-state index contributed by atoms with van der Waals surface area (Å²) >= 11 is 4.81. The maximum atomic E-state index is 13.6. The van der Waals surface area contributed by atoms with Crippen molar-refractivity contribution in [3.63, 3.8) is 0 Å². The Hall–Kier alpha value is -1.56. The fourth-order valence-corrected chi connectivity index (χ4v) is 2.05. The molecule has 1 amide bonds. The van der Waals surface area contributed by atoms with E-state index in [1.807, 2.05) is 13.8 Å². The number of nitrogens with zero attached hydrogens (tertiary/aromatic N) is 1. The Morgan fingerprint density at radius 1 is 1.38 bits per heavy atom. The molecule has 0 aliphatic carbocycles. The monoisotopic (exact) mass is 314 g/mol. The van der Waals surface area contributed by atoms with E-state index >= 15 is 0 Å². The van der Waals surface area contributed by atoms with E-state index < -0.39 is 11.6 Å². The summed E-state index contributed by atoms with van der Waals surface area (Å²) < 4.78 is 26.8. The Kier molecular flexibility index (Phi) is 6.68. The molecule has 0 heterocycles. The standard InChI is InChI=1S/C15H20F2N2OS/c1-10(2)9-19(7-6-13(18)21)14(20)8-11-4-3-5-12(16)15(11)17/h3-5,10H,6-9H2,1-2H3,(H2,18,21). The topological polar surface area (TPSA) is 46.3 Å². The van der Waals surface area contributed by atoms with Crippen LogP contribution in [0.4, 0.5) is 8.78 Å². The molecule has 2 N–H and O–H groups in total. The van der Waals surface area contributed by atoms with Gasteiger partial charge in [0.2, 0.25) is 5.91 Å². The minimum absolute atomic E-state index is 0.0593. The normalized spacial score (nSPS) is 10.7. The van der Waals surface area contributed by atoms with Gasteiger partial charge in [-0.3, -0.25) is 4.79 Å². The van der Waals surface area contributed by atoms with Crippen molar-refractivity contribution in [2.45, 2.75) is 26.7 Å². The Labute approximate surface area is 129 Å². The van der Waals surface area contributed by atoms with Crippen LogP contribution >= 0.6 is 12.2 Å². The van der Waals surface area contributed by atoms with Crippen LogP contribution in [-0.2, 0) is 11.2 Å². The van der Waals surface area contributed by atoms with Crippen molar-refractivity contribution < 1.29 is 13.6 Å². The summed E-state index contributed by atoms with van der Waals surface area (Å²) in [6.45, 7) is 4.87. The van der Waals surface area contributed by atoms with Crippen molar-refractivity contribution in [3.8, 4) is 0 Å². The molecule has 1 aromatic rings. The van der Waals surface area contributed by atoms with Crippen LogP contribution in [0.15, 0.2) is 18.2 Å². The van der Waals surface area contributed by atoms with Crippen molar-refractivity contribution >= 4 is 23.1 Å². The molecule has 0 atom stereocenters. The maximum absolute atomic E-state index is 13.6. The van der Waals surface area contributed by atoms with Gasteiger partial charge in [0.15, 0.2) is 11.6 Å². The number of nitrogens with two attached hydrogens (primary N) is 1. The molecule has 0 saturated carbocycles. The smallest absolute Gasteiger partial charge is 0.227 e. The summed E-state index contributed by atoms with van der Waals surface area (Å²) in [7, 11) is 0. The maximum Gasteiger partial charge on any atom is 0.227 e. The van der Waals surface area contributed by atoms with Crippen molar-refractivity contribution in [1.29, 1.82) is 0 Å². The van der Waals surface area contributed by atoms with Crippen LogP contribution in [0.5, 0.6) is 0 Å². The van der Waals surface area contributed by atoms with E-state index in [0.717, 1.165) is 6.07 Å². The van der Waals surface area contributed by atoms with Gasteiger partial charge in [0.25, 0.3) is 0 Å². The quantitative estimate of drug-likeness (QED) is 0.787. The van der Waals surface area contributed by atoms with Gasteiger partial charge in [-0.1, -0.05) is 38.2 Å². The predicted octanol–water partition coefficient (Wildman–Crippen LogP) is 2.67. The van der Waals surface area contributed by atoms with E-state index in [2.05, 4.69) is 0 Å². The van der Waals surface area contributed by atoms with E-state index in [1.54, 1.807) is 4.90 Å². The lowest BCUT2D eigenvalue weighted by molar-refractivity contribution is -0.131. The van der Waals surface area contributed by atoms with Crippen LogP contribution < -0.4 is 5.73 Å². The number of benzene rings is 1. The zero-order chi connectivity index (χ0) is 16.0. The van der Waals surface area contributed by atoms with Gasteiger partial charge in [-0.15, -0.1) is 0 Å². The molecular formula is C15H20F2N2OS. The van der Waals surface area contributed by atoms with Gasteiger partial charge in [-0.25, -0.2) is 8.78 Å². The number of halogens is 2. The van der Waals surface area contributed by atoms with Crippen LogP contribution in [-0.4, -0.2) is 28.9 Å². The van der Waals surface area contributed by atoms with Crippen LogP contribution in [0, 0.1) is 17.6 Å². The third-order valence-electron chi connectivity index (χ3n) is 2.94. The van der Waals surface area contributed by atoms with E-state index in [0.29, 0.717) is 24.5 Å². The van der Waals surface area contributed by atoms with E-state index in [-0.39, 0.29) is 23.8 Å². The summed E-state index contributed by atoms with van der Waals surface area (Å²) in [4.78, 5) is 14.2. The molecule has 3 nitrogen and oxygen atoms in total.